The van der Waals surface area contributed by atoms with Crippen LogP contribution in [-0.4, -0.2) is 68.1 Å². The van der Waals surface area contributed by atoms with Gasteiger partial charge in [0.15, 0.2) is 5.79 Å². The zero-order chi connectivity index (χ0) is 35.5. The molecule has 1 saturated heterocycles. The Morgan fingerprint density at radius 2 is 1.41 bits per heavy atom. The van der Waals surface area contributed by atoms with Gasteiger partial charge in [0.25, 0.3) is 11.8 Å². The zero-order valence-corrected chi connectivity index (χ0v) is 27.5. The maximum Gasteiger partial charge on any atom is 0.336 e. The highest BCUT2D eigenvalue weighted by Crippen LogP contribution is 2.36. The molecule has 4 aromatic rings. The minimum atomic E-state index is -3.54. The lowest BCUT2D eigenvalue weighted by atomic mass is 10.00. The molecule has 0 aromatic heterocycles. The maximum atomic E-state index is 13.1. The number of nitrogens with zero attached hydrogens (tertiary/aromatic N) is 1. The molecule has 13 nitrogen and oxygen atoms in total. The van der Waals surface area contributed by atoms with Gasteiger partial charge in [0.2, 0.25) is 10.0 Å². The van der Waals surface area contributed by atoms with E-state index in [2.05, 4.69) is 10.6 Å². The summed E-state index contributed by atoms with van der Waals surface area (Å²) in [7, 11) is -2.16. The minimum Gasteiger partial charge on any atom is -0.478 e. The molecule has 0 saturated carbocycles. The van der Waals surface area contributed by atoms with Crippen LogP contribution < -0.4 is 14.9 Å². The van der Waals surface area contributed by atoms with Crippen molar-refractivity contribution in [2.45, 2.75) is 25.2 Å². The first-order valence-corrected chi connectivity index (χ1v) is 16.8. The molecule has 2 unspecified atom stereocenters. The Morgan fingerprint density at radius 1 is 0.796 bits per heavy atom. The number of rotatable bonds is 11. The van der Waals surface area contributed by atoms with Gasteiger partial charge in [-0.2, -0.15) is 0 Å². The first-order chi connectivity index (χ1) is 23.1. The number of carbonyl (C=O) groups is 4. The molecule has 254 valence electrons. The van der Waals surface area contributed by atoms with E-state index in [-0.39, 0.29) is 34.5 Å². The average Bonchev–Trinajstić information content (AvgIpc) is 3.45. The molecule has 1 aliphatic rings. The van der Waals surface area contributed by atoms with Crippen LogP contribution in [0.15, 0.2) is 91.0 Å². The Bertz CT molecular complexity index is 2050. The number of nitrogens with one attached hydrogen (secondary N) is 2. The second-order valence-electron chi connectivity index (χ2n) is 11.6. The van der Waals surface area contributed by atoms with Crippen molar-refractivity contribution >= 4 is 50.8 Å². The number of carbonyl (C=O) groups excluding carboxylic acids is 2. The molecule has 2 atom stereocenters. The fraction of sp³-hybridized carbons (Fsp3) is 0.200. The summed E-state index contributed by atoms with van der Waals surface area (Å²) in [4.78, 5) is 49.5. The summed E-state index contributed by atoms with van der Waals surface area (Å²) in [6, 6.07) is 23.3. The highest BCUT2D eigenvalue weighted by Gasteiger charge is 2.38. The number of hydrogen-bond acceptors (Lipinski definition) is 8. The third-order valence-electron chi connectivity index (χ3n) is 7.93. The van der Waals surface area contributed by atoms with Gasteiger partial charge in [0.1, 0.15) is 6.10 Å². The van der Waals surface area contributed by atoms with Crippen LogP contribution in [-0.2, 0) is 25.9 Å². The van der Waals surface area contributed by atoms with E-state index < -0.39 is 45.7 Å². The summed E-state index contributed by atoms with van der Waals surface area (Å²) in [6.07, 6.45) is 0.742. The number of benzene rings is 4. The van der Waals surface area contributed by atoms with Crippen LogP contribution in [0.1, 0.15) is 65.6 Å². The SMILES string of the molecule is CN(c1cccc(NC(=O)c2ccc(C3COC(C)(Cc4ccc(NC(=O)c5ccccc5C(=O)O)cc4)O3)cc2C(=O)O)c1)S(C)(=O)=O. The van der Waals surface area contributed by atoms with Crippen molar-refractivity contribution in [3.63, 3.8) is 0 Å². The highest BCUT2D eigenvalue weighted by atomic mass is 32.2. The van der Waals surface area contributed by atoms with Crippen molar-refractivity contribution in [2.24, 2.45) is 0 Å². The van der Waals surface area contributed by atoms with Crippen molar-refractivity contribution in [3.05, 3.63) is 124 Å². The molecule has 0 spiro atoms. The third kappa shape index (κ3) is 8.12. The number of aromatic carboxylic acids is 2. The topological polar surface area (TPSA) is 189 Å². The molecule has 1 fully saturated rings. The van der Waals surface area contributed by atoms with E-state index in [1.807, 2.05) is 0 Å². The highest BCUT2D eigenvalue weighted by molar-refractivity contribution is 7.92. The minimum absolute atomic E-state index is 0.0369. The van der Waals surface area contributed by atoms with Crippen LogP contribution in [0.4, 0.5) is 17.1 Å². The molecule has 0 aliphatic carbocycles. The van der Waals surface area contributed by atoms with Crippen molar-refractivity contribution in [3.8, 4) is 0 Å². The lowest BCUT2D eigenvalue weighted by molar-refractivity contribution is -0.153. The molecule has 4 aromatic carbocycles. The molecular formula is C35H33N3O10S. The second kappa shape index (κ2) is 13.9. The van der Waals surface area contributed by atoms with E-state index in [0.717, 1.165) is 16.1 Å². The Hall–Kier alpha value is -5.57. The van der Waals surface area contributed by atoms with E-state index in [1.54, 1.807) is 67.6 Å². The summed E-state index contributed by atoms with van der Waals surface area (Å²) < 4.78 is 37.1. The smallest absolute Gasteiger partial charge is 0.336 e. The lowest BCUT2D eigenvalue weighted by Crippen LogP contribution is -2.28. The number of sulfonamides is 1. The molecule has 49 heavy (non-hydrogen) atoms. The second-order valence-corrected chi connectivity index (χ2v) is 13.6. The van der Waals surface area contributed by atoms with Crippen LogP contribution in [0, 0.1) is 0 Å². The number of hydrogen-bond donors (Lipinski definition) is 4. The molecule has 4 N–H and O–H groups in total. The maximum absolute atomic E-state index is 13.1. The predicted octanol–water partition coefficient (Wildman–Crippen LogP) is 5.03. The summed E-state index contributed by atoms with van der Waals surface area (Å²) in [6.45, 7) is 1.87. The van der Waals surface area contributed by atoms with Crippen LogP contribution in [0.5, 0.6) is 0 Å². The monoisotopic (exact) mass is 687 g/mol. The van der Waals surface area contributed by atoms with E-state index in [4.69, 9.17) is 9.47 Å². The molecule has 14 heteroatoms. The van der Waals surface area contributed by atoms with Gasteiger partial charge in [-0.05, 0) is 72.6 Å². The Morgan fingerprint density at radius 3 is 2.04 bits per heavy atom. The fourth-order valence-electron chi connectivity index (χ4n) is 5.33. The van der Waals surface area contributed by atoms with Crippen LogP contribution in [0.3, 0.4) is 0 Å². The molecule has 2 amide bonds. The third-order valence-corrected chi connectivity index (χ3v) is 9.13. The van der Waals surface area contributed by atoms with E-state index >= 15 is 0 Å². The zero-order valence-electron chi connectivity index (χ0n) is 26.7. The van der Waals surface area contributed by atoms with Gasteiger partial charge in [-0.1, -0.05) is 36.4 Å². The van der Waals surface area contributed by atoms with Crippen molar-refractivity contribution < 1.29 is 47.3 Å². The Labute approximate surface area is 282 Å². The molecule has 1 heterocycles. The fourth-order valence-corrected chi connectivity index (χ4v) is 5.82. The molecule has 0 radical (unpaired) electrons. The van der Waals surface area contributed by atoms with E-state index in [0.29, 0.717) is 23.4 Å². The van der Waals surface area contributed by atoms with Gasteiger partial charge in [0, 0.05) is 24.8 Å². The Balaban J connectivity index is 1.24. The number of carboxylic acids is 2. The van der Waals surface area contributed by atoms with Crippen molar-refractivity contribution in [2.75, 3.05) is 34.8 Å². The molecule has 1 aliphatic heterocycles. The average molecular weight is 688 g/mol. The summed E-state index contributed by atoms with van der Waals surface area (Å²) in [5, 5.41) is 24.7. The quantitative estimate of drug-likeness (QED) is 0.166. The van der Waals surface area contributed by atoms with Gasteiger partial charge in [-0.15, -0.1) is 0 Å². The normalized spacial score (nSPS) is 17.2. The van der Waals surface area contributed by atoms with E-state index in [9.17, 15) is 37.8 Å². The number of carboxylic acid groups (broad SMARTS) is 2. The standard InChI is InChI=1S/C35H33N3O10S/c1-35(19-21-11-14-23(15-12-21)36-31(39)26-9-4-5-10-28(26)33(41)42)47-20-30(48-35)22-13-16-27(29(17-22)34(43)44)32(40)37-24-7-6-8-25(18-24)38(2)49(3,45)46/h4-18,30H,19-20H2,1-3H3,(H,36,39)(H,37,40)(H,41,42)(H,43,44). The van der Waals surface area contributed by atoms with Crippen molar-refractivity contribution in [1.82, 2.24) is 0 Å². The van der Waals surface area contributed by atoms with E-state index in [1.165, 1.54) is 37.4 Å². The van der Waals surface area contributed by atoms with Gasteiger partial charge in [0.05, 0.1) is 40.8 Å². The molecule has 0 bridgehead atoms. The molecule has 5 rings (SSSR count). The summed E-state index contributed by atoms with van der Waals surface area (Å²) >= 11 is 0. The molecular weight excluding hydrogens is 654 g/mol. The first-order valence-electron chi connectivity index (χ1n) is 14.9. The summed E-state index contributed by atoms with van der Waals surface area (Å²) in [5.74, 6) is -4.84. The van der Waals surface area contributed by atoms with Crippen LogP contribution in [0.25, 0.3) is 0 Å². The van der Waals surface area contributed by atoms with Crippen LogP contribution >= 0.6 is 0 Å². The van der Waals surface area contributed by atoms with Gasteiger partial charge in [-0.25, -0.2) is 18.0 Å². The first kappa shape index (κ1) is 34.8. The number of amides is 2. The summed E-state index contributed by atoms with van der Waals surface area (Å²) in [5.41, 5.74) is 1.95. The lowest BCUT2D eigenvalue weighted by Gasteiger charge is -2.24. The number of ether oxygens (including phenoxy) is 2. The van der Waals surface area contributed by atoms with Gasteiger partial charge < -0.3 is 30.3 Å². The van der Waals surface area contributed by atoms with Gasteiger partial charge in [-0.3, -0.25) is 13.9 Å². The van der Waals surface area contributed by atoms with Crippen LogP contribution in [0.2, 0.25) is 0 Å². The number of anilines is 3. The Kier molecular flexibility index (Phi) is 9.85. The van der Waals surface area contributed by atoms with Crippen molar-refractivity contribution in [1.29, 1.82) is 0 Å². The van der Waals surface area contributed by atoms with Gasteiger partial charge >= 0.3 is 11.9 Å². The predicted molar refractivity (Wildman–Crippen MR) is 181 cm³/mol. The largest absolute Gasteiger partial charge is 0.478 e.